The third-order valence-corrected chi connectivity index (χ3v) is 7.83. The first kappa shape index (κ1) is 34.4. The Balaban J connectivity index is 0.000000555. The van der Waals surface area contributed by atoms with Crippen molar-refractivity contribution < 1.29 is 29.3 Å². The van der Waals surface area contributed by atoms with Crippen LogP contribution in [0, 0.1) is 0 Å². The summed E-state index contributed by atoms with van der Waals surface area (Å²) in [6.07, 6.45) is 6.57. The number of benzene rings is 3. The van der Waals surface area contributed by atoms with Crippen LogP contribution in [0.1, 0.15) is 47.2 Å². The van der Waals surface area contributed by atoms with E-state index in [1.54, 1.807) is 25.3 Å². The SMILES string of the molecule is COc1cccc2c(=O)c(C(=O)NCCCCN3CCC(=C(c4ccccc4)c4ccccc4)CC3)c[nH]c12.O=C(O)C=CC(=O)O. The van der Waals surface area contributed by atoms with Gasteiger partial charge in [-0.1, -0.05) is 72.3 Å². The predicted molar refractivity (Wildman–Crippen MR) is 182 cm³/mol. The maximum Gasteiger partial charge on any atom is 0.328 e. The largest absolute Gasteiger partial charge is 0.495 e. The van der Waals surface area contributed by atoms with Gasteiger partial charge in [-0.25, -0.2) is 9.59 Å². The molecule has 1 saturated heterocycles. The fourth-order valence-electron chi connectivity index (χ4n) is 5.54. The number of fused-ring (bicyclic) bond motifs is 1. The number of carboxylic acid groups (broad SMARTS) is 2. The van der Waals surface area contributed by atoms with Crippen LogP contribution in [0.2, 0.25) is 0 Å². The monoisotopic (exact) mass is 637 g/mol. The number of rotatable bonds is 11. The number of nitrogens with zero attached hydrogens (tertiary/aromatic N) is 1. The van der Waals surface area contributed by atoms with E-state index in [4.69, 9.17) is 14.9 Å². The zero-order valence-corrected chi connectivity index (χ0v) is 26.3. The number of aromatic amines is 1. The highest BCUT2D eigenvalue weighted by Gasteiger charge is 2.19. The second-order valence-corrected chi connectivity index (χ2v) is 10.9. The number of hydrogen-bond acceptors (Lipinski definition) is 6. The molecule has 0 aliphatic carbocycles. The van der Waals surface area contributed by atoms with Gasteiger partial charge in [-0.05, 0) is 61.1 Å². The topological polar surface area (TPSA) is 149 Å². The number of ether oxygens (including phenoxy) is 1. The lowest BCUT2D eigenvalue weighted by Crippen LogP contribution is -2.33. The number of hydrogen-bond donors (Lipinski definition) is 4. The van der Waals surface area contributed by atoms with E-state index < -0.39 is 11.9 Å². The van der Waals surface area contributed by atoms with Crippen molar-refractivity contribution in [1.29, 1.82) is 0 Å². The highest BCUT2D eigenvalue weighted by molar-refractivity contribution is 5.98. The Bertz CT molecular complexity index is 1730. The summed E-state index contributed by atoms with van der Waals surface area (Å²) in [4.78, 5) is 50.2. The van der Waals surface area contributed by atoms with Crippen LogP contribution in [-0.4, -0.2) is 71.2 Å². The molecule has 1 amide bonds. The van der Waals surface area contributed by atoms with Crippen LogP contribution in [0.4, 0.5) is 0 Å². The number of aromatic nitrogens is 1. The van der Waals surface area contributed by atoms with Gasteiger partial charge in [0, 0.05) is 38.0 Å². The van der Waals surface area contributed by atoms with E-state index in [0.717, 1.165) is 45.3 Å². The van der Waals surface area contributed by atoms with Crippen molar-refractivity contribution in [3.05, 3.63) is 130 Å². The summed E-state index contributed by atoms with van der Waals surface area (Å²) < 4.78 is 5.31. The maximum atomic E-state index is 12.8. The quantitative estimate of drug-likeness (QED) is 0.127. The summed E-state index contributed by atoms with van der Waals surface area (Å²) in [5.41, 5.74) is 5.90. The molecule has 10 nitrogen and oxygen atoms in total. The summed E-state index contributed by atoms with van der Waals surface area (Å²) in [7, 11) is 1.56. The van der Waals surface area contributed by atoms with Crippen molar-refractivity contribution in [3.63, 3.8) is 0 Å². The fourth-order valence-corrected chi connectivity index (χ4v) is 5.54. The molecule has 0 spiro atoms. The summed E-state index contributed by atoms with van der Waals surface area (Å²) in [5, 5.41) is 19.0. The fraction of sp³-hybridized carbons (Fsp3) is 0.243. The van der Waals surface area contributed by atoms with Gasteiger partial charge < -0.3 is 30.2 Å². The standard InChI is InChI=1S/C33H35N3O3.C4H4O4/c1-39-29-16-10-15-27-31(29)35-23-28(32(27)37)33(38)34-19-8-9-20-36-21-17-26(18-22-36)30(24-11-4-2-5-12-24)25-13-6-3-7-14-25;5-3(6)1-2-4(7)8/h2-7,10-16,23H,8-9,17-22H2,1H3,(H,34,38)(H,35,37);1-2H,(H,5,6)(H,7,8). The molecule has 3 aromatic carbocycles. The van der Waals surface area contributed by atoms with Gasteiger partial charge in [0.15, 0.2) is 0 Å². The number of carbonyl (C=O) groups excluding carboxylic acids is 1. The normalized spacial score (nSPS) is 13.1. The molecule has 47 heavy (non-hydrogen) atoms. The minimum Gasteiger partial charge on any atom is -0.495 e. The minimum absolute atomic E-state index is 0.124. The molecular formula is C37H39N3O7. The molecule has 0 saturated carbocycles. The number of carboxylic acids is 2. The Labute approximate surface area is 273 Å². The van der Waals surface area contributed by atoms with Crippen molar-refractivity contribution in [3.8, 4) is 5.75 Å². The molecule has 2 heterocycles. The van der Waals surface area contributed by atoms with Gasteiger partial charge in [-0.15, -0.1) is 0 Å². The molecule has 0 bridgehead atoms. The third kappa shape index (κ3) is 9.75. The zero-order valence-electron chi connectivity index (χ0n) is 26.3. The van der Waals surface area contributed by atoms with E-state index in [1.807, 2.05) is 0 Å². The van der Waals surface area contributed by atoms with E-state index in [1.165, 1.54) is 28.5 Å². The van der Waals surface area contributed by atoms with Crippen LogP contribution >= 0.6 is 0 Å². The first-order valence-corrected chi connectivity index (χ1v) is 15.4. The number of carbonyl (C=O) groups is 3. The van der Waals surface area contributed by atoms with Crippen molar-refractivity contribution in [2.24, 2.45) is 0 Å². The maximum absolute atomic E-state index is 12.8. The number of likely N-dealkylation sites (tertiary alicyclic amines) is 1. The number of H-pyrrole nitrogens is 1. The summed E-state index contributed by atoms with van der Waals surface area (Å²) in [6, 6.07) is 26.6. The van der Waals surface area contributed by atoms with Gasteiger partial charge in [-0.3, -0.25) is 9.59 Å². The number of nitrogens with one attached hydrogen (secondary N) is 2. The molecule has 1 fully saturated rings. The van der Waals surface area contributed by atoms with Crippen molar-refractivity contribution in [2.45, 2.75) is 25.7 Å². The minimum atomic E-state index is -1.26. The number of aliphatic carboxylic acids is 2. The Morgan fingerprint density at radius 2 is 1.45 bits per heavy atom. The molecule has 4 aromatic rings. The van der Waals surface area contributed by atoms with Crippen molar-refractivity contribution in [1.82, 2.24) is 15.2 Å². The Hall–Kier alpha value is -5.48. The van der Waals surface area contributed by atoms with Crippen LogP contribution in [0.5, 0.6) is 5.75 Å². The van der Waals surface area contributed by atoms with E-state index in [-0.39, 0.29) is 16.9 Å². The number of pyridine rings is 1. The molecule has 1 aliphatic rings. The van der Waals surface area contributed by atoms with E-state index in [9.17, 15) is 19.2 Å². The van der Waals surface area contributed by atoms with Crippen LogP contribution in [0.25, 0.3) is 16.5 Å². The van der Waals surface area contributed by atoms with Gasteiger partial charge in [0.2, 0.25) is 5.43 Å². The average molecular weight is 638 g/mol. The smallest absolute Gasteiger partial charge is 0.328 e. The summed E-state index contributed by atoms with van der Waals surface area (Å²) in [6.45, 7) is 3.63. The van der Waals surface area contributed by atoms with E-state index in [2.05, 4.69) is 75.9 Å². The molecule has 1 aromatic heterocycles. The number of unbranched alkanes of at least 4 members (excludes halogenated alkanes) is 1. The first-order valence-electron chi connectivity index (χ1n) is 15.4. The van der Waals surface area contributed by atoms with Crippen LogP contribution < -0.4 is 15.5 Å². The van der Waals surface area contributed by atoms with Crippen molar-refractivity contribution in [2.75, 3.05) is 33.3 Å². The molecule has 0 unspecified atom stereocenters. The van der Waals surface area contributed by atoms with Crippen molar-refractivity contribution >= 4 is 34.3 Å². The van der Waals surface area contributed by atoms with Crippen LogP contribution in [-0.2, 0) is 9.59 Å². The average Bonchev–Trinajstić information content (AvgIpc) is 3.09. The lowest BCUT2D eigenvalue weighted by atomic mass is 9.88. The van der Waals surface area contributed by atoms with Gasteiger partial charge >= 0.3 is 11.9 Å². The summed E-state index contributed by atoms with van der Waals surface area (Å²) >= 11 is 0. The molecule has 5 rings (SSSR count). The first-order chi connectivity index (χ1) is 22.8. The highest BCUT2D eigenvalue weighted by atomic mass is 16.5. The van der Waals surface area contributed by atoms with Gasteiger partial charge in [0.25, 0.3) is 5.91 Å². The number of piperidine rings is 1. The number of amides is 1. The van der Waals surface area contributed by atoms with Gasteiger partial charge in [0.1, 0.15) is 11.3 Å². The molecule has 1 aliphatic heterocycles. The molecule has 0 radical (unpaired) electrons. The number of para-hydroxylation sites is 1. The number of methoxy groups -OCH3 is 1. The molecule has 0 atom stereocenters. The van der Waals surface area contributed by atoms with Crippen LogP contribution in [0.15, 0.2) is 108 Å². The van der Waals surface area contributed by atoms with Gasteiger partial charge in [0.05, 0.1) is 18.0 Å². The lowest BCUT2D eigenvalue weighted by Gasteiger charge is -2.30. The Morgan fingerprint density at radius 1 is 0.851 bits per heavy atom. The van der Waals surface area contributed by atoms with Gasteiger partial charge in [-0.2, -0.15) is 0 Å². The zero-order chi connectivity index (χ0) is 33.6. The molecule has 4 N–H and O–H groups in total. The molecule has 10 heteroatoms. The third-order valence-electron chi connectivity index (χ3n) is 7.83. The predicted octanol–water partition coefficient (Wildman–Crippen LogP) is 5.36. The second kappa shape index (κ2) is 17.3. The molecular weight excluding hydrogens is 598 g/mol. The lowest BCUT2D eigenvalue weighted by molar-refractivity contribution is -0.134. The van der Waals surface area contributed by atoms with E-state index in [0.29, 0.717) is 35.3 Å². The Morgan fingerprint density at radius 3 is 2.00 bits per heavy atom. The van der Waals surface area contributed by atoms with Crippen LogP contribution in [0.3, 0.4) is 0 Å². The van der Waals surface area contributed by atoms with E-state index >= 15 is 0 Å². The molecule has 244 valence electrons. The second-order valence-electron chi connectivity index (χ2n) is 10.9. The highest BCUT2D eigenvalue weighted by Crippen LogP contribution is 2.32. The Kier molecular flexibility index (Phi) is 12.6. The summed E-state index contributed by atoms with van der Waals surface area (Å²) in [5.74, 6) is -2.28.